The Morgan fingerprint density at radius 2 is 1.95 bits per heavy atom. The van der Waals surface area contributed by atoms with Crippen LogP contribution in [0.5, 0.6) is 5.75 Å². The van der Waals surface area contributed by atoms with Crippen LogP contribution in [0.15, 0.2) is 34.8 Å². The van der Waals surface area contributed by atoms with Crippen molar-refractivity contribution < 1.29 is 13.5 Å². The summed E-state index contributed by atoms with van der Waals surface area (Å²) in [5.41, 5.74) is 1.19. The highest BCUT2D eigenvalue weighted by molar-refractivity contribution is 9.10. The number of nitrogens with one attached hydrogen (secondary N) is 1. The third-order valence-corrected chi connectivity index (χ3v) is 3.59. The zero-order chi connectivity index (χ0) is 14.7. The van der Waals surface area contributed by atoms with Crippen LogP contribution in [0, 0.1) is 18.6 Å². The van der Waals surface area contributed by atoms with Crippen molar-refractivity contribution in [2.45, 2.75) is 13.5 Å². The van der Waals surface area contributed by atoms with Crippen molar-refractivity contribution in [3.63, 3.8) is 0 Å². The summed E-state index contributed by atoms with van der Waals surface area (Å²) in [5, 5.41) is 2.79. The lowest BCUT2D eigenvalue weighted by Crippen LogP contribution is -2.05. The maximum Gasteiger partial charge on any atom is 0.152 e. The van der Waals surface area contributed by atoms with E-state index >= 15 is 0 Å². The number of ether oxygens (including phenoxy) is 1. The number of rotatable bonds is 4. The minimum atomic E-state index is -0.597. The zero-order valence-corrected chi connectivity index (χ0v) is 12.7. The van der Waals surface area contributed by atoms with Gasteiger partial charge in [-0.25, -0.2) is 8.78 Å². The summed E-state index contributed by atoms with van der Waals surface area (Å²) >= 11 is 3.37. The summed E-state index contributed by atoms with van der Waals surface area (Å²) in [5.74, 6) is -0.445. The Morgan fingerprint density at radius 3 is 2.60 bits per heavy atom. The number of benzene rings is 2. The summed E-state index contributed by atoms with van der Waals surface area (Å²) in [6.07, 6.45) is 0. The molecule has 0 bridgehead atoms. The number of anilines is 1. The second-order valence-electron chi connectivity index (χ2n) is 4.38. The number of hydrogen-bond acceptors (Lipinski definition) is 2. The lowest BCUT2D eigenvalue weighted by Gasteiger charge is -2.11. The van der Waals surface area contributed by atoms with Crippen molar-refractivity contribution in [1.82, 2.24) is 0 Å². The molecule has 0 saturated heterocycles. The van der Waals surface area contributed by atoms with Gasteiger partial charge in [0.25, 0.3) is 0 Å². The van der Waals surface area contributed by atoms with Gasteiger partial charge >= 0.3 is 0 Å². The Morgan fingerprint density at radius 1 is 1.20 bits per heavy atom. The fraction of sp³-hybridized carbons (Fsp3) is 0.200. The quantitative estimate of drug-likeness (QED) is 0.873. The van der Waals surface area contributed by atoms with Crippen molar-refractivity contribution >= 4 is 21.6 Å². The second kappa shape index (κ2) is 6.22. The first-order valence-corrected chi connectivity index (χ1v) is 6.83. The first kappa shape index (κ1) is 14.8. The molecule has 0 aliphatic rings. The number of hydrogen-bond donors (Lipinski definition) is 1. The fourth-order valence-electron chi connectivity index (χ4n) is 1.83. The van der Waals surface area contributed by atoms with Crippen LogP contribution >= 0.6 is 15.9 Å². The van der Waals surface area contributed by atoms with Gasteiger partial charge < -0.3 is 10.1 Å². The molecule has 0 aliphatic heterocycles. The molecule has 20 heavy (non-hydrogen) atoms. The standard InChI is InChI=1S/C15H14BrF2NO/c1-9-3-5-12(17)15(14(9)18)19-8-10-4-6-13(20-2)11(16)7-10/h3-7,19H,8H2,1-2H3. The molecule has 0 aromatic heterocycles. The van der Waals surface area contributed by atoms with Crippen LogP contribution in [0.1, 0.15) is 11.1 Å². The molecule has 2 nitrogen and oxygen atoms in total. The topological polar surface area (TPSA) is 21.3 Å². The van der Waals surface area contributed by atoms with E-state index in [-0.39, 0.29) is 5.69 Å². The van der Waals surface area contributed by atoms with Crippen LogP contribution in [-0.4, -0.2) is 7.11 Å². The number of methoxy groups -OCH3 is 1. The highest BCUT2D eigenvalue weighted by atomic mass is 79.9. The van der Waals surface area contributed by atoms with Crippen LogP contribution in [0.25, 0.3) is 0 Å². The van der Waals surface area contributed by atoms with E-state index in [9.17, 15) is 8.78 Å². The molecular weight excluding hydrogens is 328 g/mol. The largest absolute Gasteiger partial charge is 0.496 e. The lowest BCUT2D eigenvalue weighted by atomic mass is 10.1. The van der Waals surface area contributed by atoms with E-state index in [0.29, 0.717) is 17.9 Å². The molecule has 1 N–H and O–H groups in total. The number of aryl methyl sites for hydroxylation is 1. The van der Waals surface area contributed by atoms with Crippen molar-refractivity contribution in [3.05, 3.63) is 57.6 Å². The van der Waals surface area contributed by atoms with E-state index in [2.05, 4.69) is 21.2 Å². The van der Waals surface area contributed by atoms with E-state index in [0.717, 1.165) is 10.0 Å². The van der Waals surface area contributed by atoms with E-state index in [1.807, 2.05) is 12.1 Å². The van der Waals surface area contributed by atoms with Gasteiger partial charge in [0.05, 0.1) is 11.6 Å². The Balaban J connectivity index is 2.17. The van der Waals surface area contributed by atoms with Gasteiger partial charge in [-0.2, -0.15) is 0 Å². The van der Waals surface area contributed by atoms with E-state index in [1.165, 1.54) is 12.1 Å². The minimum Gasteiger partial charge on any atom is -0.496 e. The van der Waals surface area contributed by atoms with Gasteiger partial charge in [0.15, 0.2) is 5.82 Å². The second-order valence-corrected chi connectivity index (χ2v) is 5.23. The van der Waals surface area contributed by atoms with E-state index in [4.69, 9.17) is 4.74 Å². The molecule has 0 heterocycles. The van der Waals surface area contributed by atoms with Crippen LogP contribution in [0.3, 0.4) is 0 Å². The molecule has 106 valence electrons. The molecule has 0 radical (unpaired) electrons. The molecule has 0 saturated carbocycles. The lowest BCUT2D eigenvalue weighted by molar-refractivity contribution is 0.412. The molecule has 0 fully saturated rings. The predicted octanol–water partition coefficient (Wildman–Crippen LogP) is 4.66. The smallest absolute Gasteiger partial charge is 0.152 e. The summed E-state index contributed by atoms with van der Waals surface area (Å²) in [4.78, 5) is 0. The Hall–Kier alpha value is -1.62. The van der Waals surface area contributed by atoms with Crippen molar-refractivity contribution in [1.29, 1.82) is 0 Å². The van der Waals surface area contributed by atoms with Crippen molar-refractivity contribution in [3.8, 4) is 5.75 Å². The summed E-state index contributed by atoms with van der Waals surface area (Å²) in [6.45, 7) is 1.92. The molecule has 5 heteroatoms. The minimum absolute atomic E-state index is 0.100. The van der Waals surface area contributed by atoms with Crippen molar-refractivity contribution in [2.24, 2.45) is 0 Å². The van der Waals surface area contributed by atoms with Gasteiger partial charge in [-0.3, -0.25) is 0 Å². The molecule has 0 amide bonds. The van der Waals surface area contributed by atoms with Crippen LogP contribution in [0.4, 0.5) is 14.5 Å². The highest BCUT2D eigenvalue weighted by Gasteiger charge is 2.11. The molecule has 0 unspecified atom stereocenters. The Kier molecular flexibility index (Phi) is 4.60. The van der Waals surface area contributed by atoms with Crippen LogP contribution < -0.4 is 10.1 Å². The summed E-state index contributed by atoms with van der Waals surface area (Å²) < 4.78 is 33.4. The molecule has 2 aromatic rings. The van der Waals surface area contributed by atoms with Crippen molar-refractivity contribution in [2.75, 3.05) is 12.4 Å². The SMILES string of the molecule is COc1ccc(CNc2c(F)ccc(C)c2F)cc1Br. The first-order chi connectivity index (χ1) is 9.52. The Labute approximate surface area is 124 Å². The molecule has 0 aliphatic carbocycles. The molecule has 0 atom stereocenters. The van der Waals surface area contributed by atoms with E-state index < -0.39 is 11.6 Å². The number of halogens is 3. The van der Waals surface area contributed by atoms with Gasteiger partial charge in [0, 0.05) is 6.54 Å². The third kappa shape index (κ3) is 3.10. The predicted molar refractivity (Wildman–Crippen MR) is 79.1 cm³/mol. The first-order valence-electron chi connectivity index (χ1n) is 6.04. The summed E-state index contributed by atoms with van der Waals surface area (Å²) in [7, 11) is 1.58. The average molecular weight is 342 g/mol. The maximum atomic E-state index is 13.8. The van der Waals surface area contributed by atoms with Crippen LogP contribution in [-0.2, 0) is 6.54 Å². The van der Waals surface area contributed by atoms with Gasteiger partial charge in [-0.15, -0.1) is 0 Å². The molecule has 2 aromatic carbocycles. The van der Waals surface area contributed by atoms with Gasteiger partial charge in [-0.1, -0.05) is 12.1 Å². The molecule has 0 spiro atoms. The highest BCUT2D eigenvalue weighted by Crippen LogP contribution is 2.27. The van der Waals surface area contributed by atoms with Gasteiger partial charge in [0.2, 0.25) is 0 Å². The summed E-state index contributed by atoms with van der Waals surface area (Å²) in [6, 6.07) is 8.15. The van der Waals surface area contributed by atoms with Crippen LogP contribution in [0.2, 0.25) is 0 Å². The maximum absolute atomic E-state index is 13.8. The van der Waals surface area contributed by atoms with Gasteiger partial charge in [0.1, 0.15) is 17.3 Å². The normalized spacial score (nSPS) is 10.4. The average Bonchev–Trinajstić information content (AvgIpc) is 2.43. The molecular formula is C15H14BrF2NO. The molecule has 2 rings (SSSR count). The van der Waals surface area contributed by atoms with Gasteiger partial charge in [-0.05, 0) is 52.2 Å². The third-order valence-electron chi connectivity index (χ3n) is 2.97. The zero-order valence-electron chi connectivity index (χ0n) is 11.1. The van der Waals surface area contributed by atoms with E-state index in [1.54, 1.807) is 20.1 Å². The Bertz CT molecular complexity index is 632. The fourth-order valence-corrected chi connectivity index (χ4v) is 2.42. The monoisotopic (exact) mass is 341 g/mol.